The second-order valence-corrected chi connectivity index (χ2v) is 1.12. The van der Waals surface area contributed by atoms with Gasteiger partial charge in [0.2, 0.25) is 0 Å². The summed E-state index contributed by atoms with van der Waals surface area (Å²) in [6.45, 7) is 1.69. The van der Waals surface area contributed by atoms with Gasteiger partial charge in [0.25, 0.3) is 0 Å². The summed E-state index contributed by atoms with van der Waals surface area (Å²) in [5.74, 6) is 0. The lowest BCUT2D eigenvalue weighted by Gasteiger charge is -1.82. The molecule has 1 atom stereocenters. The molecule has 3 nitrogen and oxygen atoms in total. The van der Waals surface area contributed by atoms with Crippen LogP contribution in [0.4, 0.5) is 0 Å². The Morgan fingerprint density at radius 2 is 2.29 bits per heavy atom. The van der Waals surface area contributed by atoms with Crippen molar-refractivity contribution in [3.05, 3.63) is 0 Å². The first-order valence-electron chi connectivity index (χ1n) is 2.00. The quantitative estimate of drug-likeness (QED) is 0.450. The van der Waals surface area contributed by atoms with Crippen molar-refractivity contribution in [3.63, 3.8) is 0 Å². The standard InChI is InChI=1S/C4H7N3/c1-4(3-5)7-6-2/h4H,1-2H3. The van der Waals surface area contributed by atoms with E-state index in [-0.39, 0.29) is 6.04 Å². The van der Waals surface area contributed by atoms with Crippen molar-refractivity contribution < 1.29 is 0 Å². The van der Waals surface area contributed by atoms with E-state index in [1.807, 2.05) is 6.07 Å². The molecule has 0 radical (unpaired) electrons. The molecule has 1 unspecified atom stereocenters. The highest BCUT2D eigenvalue weighted by atomic mass is 15.1. The van der Waals surface area contributed by atoms with Crippen LogP contribution in [-0.4, -0.2) is 13.1 Å². The fourth-order valence-corrected chi connectivity index (χ4v) is 0.199. The molecule has 0 saturated heterocycles. The first kappa shape index (κ1) is 6.09. The van der Waals surface area contributed by atoms with Gasteiger partial charge in [-0.15, -0.1) is 0 Å². The largest absolute Gasteiger partial charge is 0.196 e. The predicted molar refractivity (Wildman–Crippen MR) is 25.9 cm³/mol. The van der Waals surface area contributed by atoms with Crippen LogP contribution < -0.4 is 0 Å². The second-order valence-electron chi connectivity index (χ2n) is 1.12. The van der Waals surface area contributed by atoms with Gasteiger partial charge in [0.15, 0.2) is 6.04 Å². The molecule has 0 bridgehead atoms. The lowest BCUT2D eigenvalue weighted by Crippen LogP contribution is -1.87. The minimum atomic E-state index is -0.287. The maximum absolute atomic E-state index is 8.06. The van der Waals surface area contributed by atoms with Gasteiger partial charge in [-0.1, -0.05) is 0 Å². The van der Waals surface area contributed by atoms with Gasteiger partial charge in [0.05, 0.1) is 6.07 Å². The van der Waals surface area contributed by atoms with Crippen molar-refractivity contribution in [3.8, 4) is 6.07 Å². The Kier molecular flexibility index (Phi) is 2.86. The van der Waals surface area contributed by atoms with E-state index in [0.29, 0.717) is 0 Å². The molecule has 0 aliphatic rings. The molecule has 7 heavy (non-hydrogen) atoms. The average molecular weight is 97.1 g/mol. The Morgan fingerprint density at radius 3 is 2.43 bits per heavy atom. The van der Waals surface area contributed by atoms with Gasteiger partial charge in [0.1, 0.15) is 0 Å². The molecular weight excluding hydrogens is 90.1 g/mol. The SMILES string of the molecule is CN=NC(C)C#N. The van der Waals surface area contributed by atoms with Crippen molar-refractivity contribution >= 4 is 0 Å². The lowest BCUT2D eigenvalue weighted by atomic mass is 10.4. The van der Waals surface area contributed by atoms with Crippen LogP contribution in [0.1, 0.15) is 6.92 Å². The Labute approximate surface area is 42.7 Å². The number of rotatable bonds is 1. The molecule has 0 aromatic rings. The highest BCUT2D eigenvalue weighted by Gasteiger charge is 1.88. The van der Waals surface area contributed by atoms with E-state index in [2.05, 4.69) is 10.2 Å². The van der Waals surface area contributed by atoms with Gasteiger partial charge in [-0.3, -0.25) is 0 Å². The van der Waals surface area contributed by atoms with E-state index in [4.69, 9.17) is 5.26 Å². The van der Waals surface area contributed by atoms with Gasteiger partial charge >= 0.3 is 0 Å². The normalized spacial score (nSPS) is 13.9. The van der Waals surface area contributed by atoms with E-state index >= 15 is 0 Å². The van der Waals surface area contributed by atoms with E-state index < -0.39 is 0 Å². The third-order valence-corrected chi connectivity index (χ3v) is 0.476. The van der Waals surface area contributed by atoms with Crippen molar-refractivity contribution in [2.45, 2.75) is 13.0 Å². The smallest absolute Gasteiger partial charge is 0.154 e. The zero-order valence-electron chi connectivity index (χ0n) is 4.42. The monoisotopic (exact) mass is 97.1 g/mol. The third-order valence-electron chi connectivity index (χ3n) is 0.476. The van der Waals surface area contributed by atoms with Crippen LogP contribution in [0.5, 0.6) is 0 Å². The van der Waals surface area contributed by atoms with Crippen LogP contribution >= 0.6 is 0 Å². The Balaban J connectivity index is 3.42. The molecule has 0 aliphatic carbocycles. The molecule has 0 amide bonds. The molecule has 0 fully saturated rings. The summed E-state index contributed by atoms with van der Waals surface area (Å²) in [6.07, 6.45) is 0. The molecule has 0 rings (SSSR count). The molecule has 0 spiro atoms. The molecule has 0 aromatic carbocycles. The fourth-order valence-electron chi connectivity index (χ4n) is 0.199. The third kappa shape index (κ3) is 2.91. The Bertz CT molecular complexity index is 100.0. The van der Waals surface area contributed by atoms with Crippen LogP contribution in [0, 0.1) is 11.3 Å². The Morgan fingerprint density at radius 1 is 1.71 bits per heavy atom. The van der Waals surface area contributed by atoms with E-state index in [0.717, 1.165) is 0 Å². The molecule has 0 aromatic heterocycles. The summed E-state index contributed by atoms with van der Waals surface area (Å²) in [5.41, 5.74) is 0. The zero-order valence-corrected chi connectivity index (χ0v) is 4.42. The van der Waals surface area contributed by atoms with Gasteiger partial charge in [-0.05, 0) is 6.92 Å². The maximum atomic E-state index is 8.06. The van der Waals surface area contributed by atoms with Crippen molar-refractivity contribution in [1.29, 1.82) is 5.26 Å². The number of hydrogen-bond donors (Lipinski definition) is 0. The summed E-state index contributed by atoms with van der Waals surface area (Å²) in [6, 6.07) is 1.62. The zero-order chi connectivity index (χ0) is 5.70. The van der Waals surface area contributed by atoms with Crippen molar-refractivity contribution in [2.24, 2.45) is 10.2 Å². The molecule has 0 saturated carbocycles. The van der Waals surface area contributed by atoms with Crippen LogP contribution in [0.2, 0.25) is 0 Å². The van der Waals surface area contributed by atoms with Crippen molar-refractivity contribution in [1.82, 2.24) is 0 Å². The topological polar surface area (TPSA) is 48.5 Å². The molecular formula is C4H7N3. The molecule has 0 heterocycles. The van der Waals surface area contributed by atoms with Crippen molar-refractivity contribution in [2.75, 3.05) is 7.05 Å². The Hall–Kier alpha value is -0.910. The highest BCUT2D eigenvalue weighted by molar-refractivity contribution is 4.83. The van der Waals surface area contributed by atoms with Crippen LogP contribution in [0.25, 0.3) is 0 Å². The van der Waals surface area contributed by atoms with E-state index in [1.165, 1.54) is 0 Å². The average Bonchev–Trinajstić information content (AvgIpc) is 1.68. The number of nitriles is 1. The van der Waals surface area contributed by atoms with Crippen LogP contribution in [-0.2, 0) is 0 Å². The number of hydrogen-bond acceptors (Lipinski definition) is 3. The molecule has 0 aliphatic heterocycles. The van der Waals surface area contributed by atoms with Crippen LogP contribution in [0.15, 0.2) is 10.2 Å². The number of nitrogens with zero attached hydrogens (tertiary/aromatic N) is 3. The predicted octanol–water partition coefficient (Wildman–Crippen LogP) is 0.980. The second kappa shape index (κ2) is 3.29. The van der Waals surface area contributed by atoms with Gasteiger partial charge < -0.3 is 0 Å². The first-order valence-corrected chi connectivity index (χ1v) is 2.00. The van der Waals surface area contributed by atoms with Crippen LogP contribution in [0.3, 0.4) is 0 Å². The van der Waals surface area contributed by atoms with Gasteiger partial charge in [0, 0.05) is 7.05 Å². The summed E-state index contributed by atoms with van der Waals surface area (Å²) in [4.78, 5) is 0. The summed E-state index contributed by atoms with van der Waals surface area (Å²) >= 11 is 0. The summed E-state index contributed by atoms with van der Waals surface area (Å²) < 4.78 is 0. The highest BCUT2D eigenvalue weighted by Crippen LogP contribution is 1.83. The molecule has 38 valence electrons. The van der Waals surface area contributed by atoms with Gasteiger partial charge in [-0.2, -0.15) is 15.5 Å². The van der Waals surface area contributed by atoms with Gasteiger partial charge in [-0.25, -0.2) is 0 Å². The number of azo groups is 1. The van der Waals surface area contributed by atoms with E-state index in [9.17, 15) is 0 Å². The molecule has 0 N–H and O–H groups in total. The fraction of sp³-hybridized carbons (Fsp3) is 0.750. The molecule has 3 heteroatoms. The first-order chi connectivity index (χ1) is 3.31. The summed E-state index contributed by atoms with van der Waals surface area (Å²) in [7, 11) is 1.55. The minimum absolute atomic E-state index is 0.287. The summed E-state index contributed by atoms with van der Waals surface area (Å²) in [5, 5.41) is 15.0. The van der Waals surface area contributed by atoms with E-state index in [1.54, 1.807) is 14.0 Å². The minimum Gasteiger partial charge on any atom is -0.196 e. The maximum Gasteiger partial charge on any atom is 0.154 e. The lowest BCUT2D eigenvalue weighted by molar-refractivity contribution is 0.849.